The molecule has 0 radical (unpaired) electrons. The van der Waals surface area contributed by atoms with E-state index >= 15 is 0 Å². The molecular formula is C11H17N3O4S. The van der Waals surface area contributed by atoms with E-state index in [4.69, 9.17) is 0 Å². The highest BCUT2D eigenvalue weighted by atomic mass is 32.1. The van der Waals surface area contributed by atoms with Gasteiger partial charge in [-0.3, -0.25) is 14.9 Å². The summed E-state index contributed by atoms with van der Waals surface area (Å²) in [5.41, 5.74) is -1.05. The maximum Gasteiger partial charge on any atom is 0.324 e. The predicted octanol–water partition coefficient (Wildman–Crippen LogP) is 0.699. The molecule has 0 spiro atoms. The summed E-state index contributed by atoms with van der Waals surface area (Å²) in [6.07, 6.45) is 0. The van der Waals surface area contributed by atoms with E-state index in [0.717, 1.165) is 11.3 Å². The second-order valence-corrected chi connectivity index (χ2v) is 5.87. The molecule has 19 heavy (non-hydrogen) atoms. The largest absolute Gasteiger partial charge is 0.387 e. The molecule has 0 saturated heterocycles. The predicted molar refractivity (Wildman–Crippen MR) is 72.5 cm³/mol. The van der Waals surface area contributed by atoms with E-state index in [2.05, 4.69) is 5.32 Å². The Morgan fingerprint density at radius 2 is 2.21 bits per heavy atom. The number of thiophene rings is 1. The number of likely N-dealkylation sites (N-methyl/N-ethyl adjacent to an activating group) is 1. The monoisotopic (exact) mass is 287 g/mol. The quantitative estimate of drug-likeness (QED) is 0.593. The average molecular weight is 287 g/mol. The molecule has 7 nitrogen and oxygen atoms in total. The molecule has 1 heterocycles. The fourth-order valence-electron chi connectivity index (χ4n) is 1.64. The highest BCUT2D eigenvalue weighted by Crippen LogP contribution is 2.23. The van der Waals surface area contributed by atoms with Crippen molar-refractivity contribution >= 4 is 22.2 Å². The Balaban J connectivity index is 2.57. The summed E-state index contributed by atoms with van der Waals surface area (Å²) in [5, 5.41) is 23.0. The van der Waals surface area contributed by atoms with Crippen LogP contribution in [0.3, 0.4) is 0 Å². The summed E-state index contributed by atoms with van der Waals surface area (Å²) in [6.45, 7) is 2.09. The molecule has 0 aliphatic heterocycles. The van der Waals surface area contributed by atoms with Gasteiger partial charge in [0, 0.05) is 19.2 Å². The highest BCUT2D eigenvalue weighted by Gasteiger charge is 2.23. The summed E-state index contributed by atoms with van der Waals surface area (Å²) >= 11 is 0.810. The van der Waals surface area contributed by atoms with Gasteiger partial charge in [0.2, 0.25) is 0 Å². The van der Waals surface area contributed by atoms with Crippen LogP contribution in [0.1, 0.15) is 16.6 Å². The van der Waals surface area contributed by atoms with Crippen molar-refractivity contribution in [3.8, 4) is 0 Å². The van der Waals surface area contributed by atoms with Gasteiger partial charge in [0.1, 0.15) is 0 Å². The van der Waals surface area contributed by atoms with Gasteiger partial charge in [-0.15, -0.1) is 0 Å². The number of carbonyl (C=O) groups excluding carboxylic acids is 1. The molecule has 1 amide bonds. The SMILES string of the molecule is CN(C)CC(C)(O)CNC(=O)c1ccc([N+](=O)[O-])s1. The first-order chi connectivity index (χ1) is 8.71. The number of nitro groups is 1. The third-order valence-electron chi connectivity index (χ3n) is 2.28. The van der Waals surface area contributed by atoms with Gasteiger partial charge in [-0.25, -0.2) is 0 Å². The van der Waals surface area contributed by atoms with Crippen molar-refractivity contribution in [2.24, 2.45) is 0 Å². The van der Waals surface area contributed by atoms with Crippen molar-refractivity contribution in [2.45, 2.75) is 12.5 Å². The van der Waals surface area contributed by atoms with Gasteiger partial charge in [0.15, 0.2) is 0 Å². The van der Waals surface area contributed by atoms with Crippen LogP contribution in [-0.2, 0) is 0 Å². The smallest absolute Gasteiger partial charge is 0.324 e. The minimum atomic E-state index is -1.05. The third kappa shape index (κ3) is 4.93. The summed E-state index contributed by atoms with van der Waals surface area (Å²) < 4.78 is 0. The van der Waals surface area contributed by atoms with E-state index in [1.807, 2.05) is 19.0 Å². The second-order valence-electron chi connectivity index (χ2n) is 4.81. The summed E-state index contributed by atoms with van der Waals surface area (Å²) in [4.78, 5) is 23.8. The molecule has 0 aliphatic carbocycles. The Labute approximate surface area is 115 Å². The number of amides is 1. The normalized spacial score (nSPS) is 14.2. The minimum absolute atomic E-state index is 0.0785. The molecule has 8 heteroatoms. The molecule has 1 aromatic rings. The first kappa shape index (κ1) is 15.5. The van der Waals surface area contributed by atoms with Crippen molar-refractivity contribution in [3.05, 3.63) is 27.1 Å². The molecule has 1 atom stereocenters. The molecular weight excluding hydrogens is 270 g/mol. The second kappa shape index (κ2) is 6.09. The van der Waals surface area contributed by atoms with E-state index in [9.17, 15) is 20.0 Å². The molecule has 2 N–H and O–H groups in total. The maximum atomic E-state index is 11.8. The number of rotatable bonds is 6. The van der Waals surface area contributed by atoms with Gasteiger partial charge in [0.05, 0.1) is 15.4 Å². The number of hydrogen-bond acceptors (Lipinski definition) is 6. The third-order valence-corrected chi connectivity index (χ3v) is 3.32. The van der Waals surface area contributed by atoms with Gasteiger partial charge < -0.3 is 15.3 Å². The van der Waals surface area contributed by atoms with Crippen LogP contribution >= 0.6 is 11.3 Å². The molecule has 0 fully saturated rings. The van der Waals surface area contributed by atoms with Gasteiger partial charge in [-0.1, -0.05) is 11.3 Å². The van der Waals surface area contributed by atoms with Crippen LogP contribution in [0, 0.1) is 10.1 Å². The lowest BCUT2D eigenvalue weighted by molar-refractivity contribution is -0.380. The topological polar surface area (TPSA) is 95.7 Å². The molecule has 1 unspecified atom stereocenters. The van der Waals surface area contributed by atoms with Crippen molar-refractivity contribution in [3.63, 3.8) is 0 Å². The van der Waals surface area contributed by atoms with Gasteiger partial charge >= 0.3 is 5.00 Å². The van der Waals surface area contributed by atoms with E-state index < -0.39 is 16.4 Å². The zero-order valence-corrected chi connectivity index (χ0v) is 11.9. The van der Waals surface area contributed by atoms with Crippen LogP contribution in [-0.4, -0.2) is 53.6 Å². The summed E-state index contributed by atoms with van der Waals surface area (Å²) in [7, 11) is 3.64. The van der Waals surface area contributed by atoms with E-state index in [-0.39, 0.29) is 16.4 Å². The number of aliphatic hydroxyl groups is 1. The van der Waals surface area contributed by atoms with Gasteiger partial charge in [-0.2, -0.15) is 0 Å². The zero-order chi connectivity index (χ0) is 14.6. The fourth-order valence-corrected chi connectivity index (χ4v) is 2.38. The van der Waals surface area contributed by atoms with Crippen molar-refractivity contribution in [2.75, 3.05) is 27.2 Å². The molecule has 0 saturated carbocycles. The van der Waals surface area contributed by atoms with Crippen LogP contribution in [0.2, 0.25) is 0 Å². The molecule has 0 aromatic carbocycles. The first-order valence-electron chi connectivity index (χ1n) is 5.61. The van der Waals surface area contributed by atoms with Crippen molar-refractivity contribution in [1.29, 1.82) is 0 Å². The lowest BCUT2D eigenvalue weighted by atomic mass is 10.1. The maximum absolute atomic E-state index is 11.8. The average Bonchev–Trinajstić information content (AvgIpc) is 2.73. The Kier molecular flexibility index (Phi) is 4.98. The molecule has 1 aromatic heterocycles. The van der Waals surface area contributed by atoms with Crippen LogP contribution in [0.15, 0.2) is 12.1 Å². The number of hydrogen-bond donors (Lipinski definition) is 2. The van der Waals surface area contributed by atoms with E-state index in [0.29, 0.717) is 6.54 Å². The Morgan fingerprint density at radius 3 is 2.68 bits per heavy atom. The van der Waals surface area contributed by atoms with Crippen LogP contribution < -0.4 is 5.32 Å². The number of nitrogens with zero attached hydrogens (tertiary/aromatic N) is 2. The standard InChI is InChI=1S/C11H17N3O4S/c1-11(16,7-13(2)3)6-12-10(15)8-4-5-9(19-8)14(17)18/h4-5,16H,6-7H2,1-3H3,(H,12,15). The van der Waals surface area contributed by atoms with E-state index in [1.54, 1.807) is 6.92 Å². The molecule has 0 aliphatic rings. The van der Waals surface area contributed by atoms with E-state index in [1.165, 1.54) is 12.1 Å². The Hall–Kier alpha value is -1.51. The molecule has 1 rings (SSSR count). The number of carbonyl (C=O) groups is 1. The van der Waals surface area contributed by atoms with Crippen LogP contribution in [0.25, 0.3) is 0 Å². The molecule has 106 valence electrons. The van der Waals surface area contributed by atoms with Crippen LogP contribution in [0.5, 0.6) is 0 Å². The first-order valence-corrected chi connectivity index (χ1v) is 6.42. The summed E-state index contributed by atoms with van der Waals surface area (Å²) in [5.74, 6) is -0.419. The number of nitrogens with one attached hydrogen (secondary N) is 1. The highest BCUT2D eigenvalue weighted by molar-refractivity contribution is 7.17. The van der Waals surface area contributed by atoms with Gasteiger partial charge in [-0.05, 0) is 27.1 Å². The lowest BCUT2D eigenvalue weighted by Crippen LogP contribution is -2.47. The Bertz CT molecular complexity index is 470. The van der Waals surface area contributed by atoms with Gasteiger partial charge in [0.25, 0.3) is 5.91 Å². The lowest BCUT2D eigenvalue weighted by Gasteiger charge is -2.26. The zero-order valence-electron chi connectivity index (χ0n) is 11.0. The summed E-state index contributed by atoms with van der Waals surface area (Å²) in [6, 6.07) is 2.69. The van der Waals surface area contributed by atoms with Crippen molar-refractivity contribution in [1.82, 2.24) is 10.2 Å². The fraction of sp³-hybridized carbons (Fsp3) is 0.545. The van der Waals surface area contributed by atoms with Crippen LogP contribution in [0.4, 0.5) is 5.00 Å². The Morgan fingerprint density at radius 1 is 1.58 bits per heavy atom. The van der Waals surface area contributed by atoms with Crippen molar-refractivity contribution < 1.29 is 14.8 Å². The molecule has 0 bridgehead atoms. The minimum Gasteiger partial charge on any atom is -0.387 e.